The first-order valence-electron chi connectivity index (χ1n) is 36.4. The zero-order chi connectivity index (χ0) is 98.8. The summed E-state index contributed by atoms with van der Waals surface area (Å²) in [5.74, 6) is -2.92. The highest BCUT2D eigenvalue weighted by Gasteiger charge is 2.43. The molecule has 0 aliphatic heterocycles. The molecule has 1 amide bonds. The fourth-order valence-corrected chi connectivity index (χ4v) is 11.5. The van der Waals surface area contributed by atoms with Crippen LogP contribution in [0.25, 0.3) is 0 Å². The second-order valence-corrected chi connectivity index (χ2v) is 27.2. The molecular weight excluding hydrogens is 1870 g/mol. The van der Waals surface area contributed by atoms with Crippen LogP contribution in [0, 0.1) is 0 Å². The SMILES string of the molecule is CC(=O)N(c1ccccc1C(F)(F)F)C(CO)c1ccc(C(F)(F)F)cc1.CCOC(=O)C(Oc1ccc(C(F)(F)F)cc1)c1cccc(C(F)(F)F)c1.OCC(Oc1cc(C(F)(F)F)cc(C(F)(F)F)c1)c1cccc(C(F)(F)F)c1.OCC(Oc1ccc(C(F)(F)F)cc1)c1ccc(C(F)(F)F)cc1.OCC(Oc1ccc(C(F)(F)F)cc1Cl)c1cccc(C(F)(F)F)c1. The second-order valence-electron chi connectivity index (χ2n) is 26.8. The van der Waals surface area contributed by atoms with Crippen LogP contribution >= 0.6 is 11.6 Å². The van der Waals surface area contributed by atoms with Gasteiger partial charge in [0.15, 0.2) is 0 Å². The molecule has 0 heterocycles. The molecule has 5 atom stereocenters. The largest absolute Gasteiger partial charge is 0.483 e. The number of hydrogen-bond acceptors (Lipinski definition) is 11. The van der Waals surface area contributed by atoms with Gasteiger partial charge in [0.05, 0.1) is 111 Å². The summed E-state index contributed by atoms with van der Waals surface area (Å²) < 4.78 is 447. The van der Waals surface area contributed by atoms with Crippen molar-refractivity contribution in [2.24, 2.45) is 0 Å². The number of benzene rings is 10. The number of aliphatic hydroxyl groups excluding tert-OH is 4. The summed E-state index contributed by atoms with van der Waals surface area (Å²) in [6.45, 7) is -0.551. The van der Waals surface area contributed by atoms with Gasteiger partial charge in [0.1, 0.15) is 41.3 Å². The zero-order valence-electron chi connectivity index (χ0n) is 65.8. The number of carbonyl (C=O) groups is 2. The molecule has 0 bridgehead atoms. The molecule has 10 rings (SSSR count). The number of nitrogens with zero attached hydrogens (tertiary/aromatic N) is 1. The average Bonchev–Trinajstić information content (AvgIpc) is 0.789. The van der Waals surface area contributed by atoms with Gasteiger partial charge in [0.25, 0.3) is 0 Å². The number of halogens is 34. The molecule has 0 spiro atoms. The van der Waals surface area contributed by atoms with Crippen LogP contribution in [-0.4, -0.2) is 65.3 Å². The van der Waals surface area contributed by atoms with E-state index in [2.05, 4.69) is 0 Å². The van der Waals surface area contributed by atoms with Crippen LogP contribution in [0.5, 0.6) is 23.0 Å². The van der Waals surface area contributed by atoms with E-state index in [4.69, 9.17) is 35.3 Å². The van der Waals surface area contributed by atoms with E-state index in [0.717, 1.165) is 188 Å². The molecule has 0 aromatic heterocycles. The molecule has 12 nitrogen and oxygen atoms in total. The number of para-hydroxylation sites is 1. The molecule has 10 aromatic rings. The summed E-state index contributed by atoms with van der Waals surface area (Å²) in [4.78, 5) is 24.9. The van der Waals surface area contributed by atoms with Crippen molar-refractivity contribution in [2.45, 2.75) is 112 Å². The Bertz CT molecular complexity index is 5310. The molecule has 0 saturated carbocycles. The van der Waals surface area contributed by atoms with Gasteiger partial charge in [-0.2, -0.15) is 145 Å². The maximum atomic E-state index is 13.3. The van der Waals surface area contributed by atoms with E-state index in [0.29, 0.717) is 18.2 Å². The molecule has 712 valence electrons. The van der Waals surface area contributed by atoms with Crippen molar-refractivity contribution in [1.82, 2.24) is 0 Å². The summed E-state index contributed by atoms with van der Waals surface area (Å²) >= 11 is 5.74. The third kappa shape index (κ3) is 32.0. The van der Waals surface area contributed by atoms with Crippen molar-refractivity contribution in [3.63, 3.8) is 0 Å². The molecule has 0 fully saturated rings. The van der Waals surface area contributed by atoms with E-state index in [1.54, 1.807) is 0 Å². The molecule has 46 heteroatoms. The van der Waals surface area contributed by atoms with E-state index in [-0.39, 0.29) is 74.9 Å². The van der Waals surface area contributed by atoms with Crippen molar-refractivity contribution < 1.29 is 199 Å². The Hall–Kier alpha value is -11.8. The third-order valence-electron chi connectivity index (χ3n) is 17.5. The first kappa shape index (κ1) is 108. The Labute approximate surface area is 723 Å². The number of esters is 1. The Balaban J connectivity index is 0.000000252. The third-order valence-corrected chi connectivity index (χ3v) is 17.8. The Morgan fingerprint density at radius 1 is 0.305 bits per heavy atom. The standard InChI is InChI=1S/C18H15F6NO2.C18H14F6O3.C17H11F9O2.C16H11ClF6O2.C16H12F6O2/c1-11(27)25(15-5-3-2-4-14(15)18(22,23)24)16(10-26)12-6-8-13(9-7-12)17(19,20)21;1-2-26-16(25)15(11-4-3-5-13(10-11)18(22,23)24)27-14-8-6-12(7-9-14)17(19,20)21;18-15(19,20)10-3-1-2-9(4-10)14(8-27)28-13-6-11(16(21,22)23)5-12(7-13)17(24,25)26;17-12-7-11(16(21,22)23)4-5-13(12)25-14(8-24)9-2-1-3-10(6-9)15(18,19)20;17-15(18,19)11-3-1-10(2-4-11)14(9-23)24-13-7-5-12(6-8-13)16(20,21)22/h2-9,16,26H,10H2,1H3;3-10,15H,2H2,1H3;1-7,14,27H,8H2;1-7,14,24H,8H2;1-8,14,23H,9H2. The molecule has 4 N–H and O–H groups in total. The monoisotopic (exact) mass is 1940 g/mol. The van der Waals surface area contributed by atoms with Gasteiger partial charge in [-0.1, -0.05) is 84.4 Å². The lowest BCUT2D eigenvalue weighted by Gasteiger charge is -2.32. The zero-order valence-corrected chi connectivity index (χ0v) is 66.6. The summed E-state index contributed by atoms with van der Waals surface area (Å²) in [6, 6.07) is 31.8. The highest BCUT2D eigenvalue weighted by Crippen LogP contribution is 2.46. The van der Waals surface area contributed by atoms with Gasteiger partial charge in [-0.3, -0.25) is 4.79 Å². The number of carbonyl (C=O) groups excluding carboxylic acids is 2. The predicted molar refractivity (Wildman–Crippen MR) is 399 cm³/mol. The maximum absolute atomic E-state index is 13.3. The van der Waals surface area contributed by atoms with Crippen molar-refractivity contribution in [3.8, 4) is 23.0 Å². The van der Waals surface area contributed by atoms with E-state index in [1.807, 2.05) is 0 Å². The Morgan fingerprint density at radius 3 is 0.977 bits per heavy atom. The summed E-state index contributed by atoms with van der Waals surface area (Å²) in [5, 5.41) is 37.4. The minimum absolute atomic E-state index is 0.00768. The smallest absolute Gasteiger partial charge is 0.418 e. The van der Waals surface area contributed by atoms with Crippen molar-refractivity contribution in [1.29, 1.82) is 0 Å². The first-order valence-corrected chi connectivity index (χ1v) is 36.8. The maximum Gasteiger partial charge on any atom is 0.418 e. The van der Waals surface area contributed by atoms with Crippen molar-refractivity contribution >= 4 is 29.2 Å². The topological polar surface area (TPSA) is 164 Å². The summed E-state index contributed by atoms with van der Waals surface area (Å²) in [5.41, 5.74) is -12.6. The van der Waals surface area contributed by atoms with Gasteiger partial charge in [0, 0.05) is 12.5 Å². The highest BCUT2D eigenvalue weighted by atomic mass is 35.5. The second kappa shape index (κ2) is 43.9. The average molecular weight is 1940 g/mol. The predicted octanol–water partition coefficient (Wildman–Crippen LogP) is 26.4. The summed E-state index contributed by atoms with van der Waals surface area (Å²) in [6.07, 6.45) is -57.1. The fraction of sp³-hybridized carbons (Fsp3) is 0.271. The molecule has 5 unspecified atom stereocenters. The van der Waals surface area contributed by atoms with Crippen molar-refractivity contribution in [3.05, 3.63) is 325 Å². The number of aliphatic hydroxyl groups is 4. The van der Waals surface area contributed by atoms with Gasteiger partial charge in [-0.15, -0.1) is 0 Å². The van der Waals surface area contributed by atoms with E-state index in [9.17, 15) is 175 Å². The van der Waals surface area contributed by atoms with Gasteiger partial charge in [0.2, 0.25) is 12.0 Å². The number of anilines is 1. The van der Waals surface area contributed by atoms with Crippen LogP contribution < -0.4 is 23.8 Å². The van der Waals surface area contributed by atoms with E-state index >= 15 is 0 Å². The van der Waals surface area contributed by atoms with Crippen LogP contribution in [0.3, 0.4) is 0 Å². The number of ether oxygens (including phenoxy) is 5. The van der Waals surface area contributed by atoms with Crippen LogP contribution in [0.4, 0.5) is 151 Å². The van der Waals surface area contributed by atoms with Crippen LogP contribution in [-0.2, 0) is 82.3 Å². The number of rotatable bonds is 21. The summed E-state index contributed by atoms with van der Waals surface area (Å²) in [7, 11) is 0. The number of hydrogen-bond donors (Lipinski definition) is 4. The minimum atomic E-state index is -5.12. The molecule has 10 aromatic carbocycles. The lowest BCUT2D eigenvalue weighted by molar-refractivity contribution is -0.152. The normalized spacial score (nSPS) is 13.6. The van der Waals surface area contributed by atoms with E-state index in [1.165, 1.54) is 25.1 Å². The van der Waals surface area contributed by atoms with Crippen molar-refractivity contribution in [2.75, 3.05) is 37.9 Å². The first-order chi connectivity index (χ1) is 60.3. The molecular formula is C85H63ClF33NO11. The van der Waals surface area contributed by atoms with Crippen LogP contribution in [0.2, 0.25) is 5.02 Å². The minimum Gasteiger partial charge on any atom is -0.483 e. The number of alkyl halides is 33. The van der Waals surface area contributed by atoms with E-state index < -0.39 is 209 Å². The molecule has 0 saturated heterocycles. The molecule has 0 radical (unpaired) electrons. The van der Waals surface area contributed by atoms with Crippen LogP contribution in [0.15, 0.2) is 231 Å². The van der Waals surface area contributed by atoms with Gasteiger partial charge < -0.3 is 49.0 Å². The Kier molecular flexibility index (Phi) is 36.2. The molecule has 131 heavy (non-hydrogen) atoms. The lowest BCUT2D eigenvalue weighted by Crippen LogP contribution is -2.36. The molecule has 0 aliphatic rings. The van der Waals surface area contributed by atoms with Gasteiger partial charge >= 0.3 is 73.9 Å². The van der Waals surface area contributed by atoms with Gasteiger partial charge in [-0.25, -0.2) is 4.79 Å². The fourth-order valence-electron chi connectivity index (χ4n) is 11.2. The quantitative estimate of drug-likeness (QED) is 0.0400. The Morgan fingerprint density at radius 2 is 0.626 bits per heavy atom. The molecule has 0 aliphatic carbocycles. The highest BCUT2D eigenvalue weighted by molar-refractivity contribution is 6.32. The lowest BCUT2D eigenvalue weighted by atomic mass is 10.0. The van der Waals surface area contributed by atoms with Crippen LogP contribution in [0.1, 0.15) is 133 Å². The number of amides is 1. The van der Waals surface area contributed by atoms with Gasteiger partial charge in [-0.05, 0) is 187 Å².